The van der Waals surface area contributed by atoms with Gasteiger partial charge in [-0.05, 0) is 30.5 Å². The van der Waals surface area contributed by atoms with Gasteiger partial charge in [-0.2, -0.15) is 0 Å². The van der Waals surface area contributed by atoms with E-state index in [1.807, 2.05) is 6.07 Å². The Morgan fingerprint density at radius 1 is 1.33 bits per heavy atom. The highest BCUT2D eigenvalue weighted by atomic mass is 127. The maximum absolute atomic E-state index is 13.2. The standard InChI is InChI=1S/C21H27FN4O3.HI/c1-23-20(26-14-21(7-9-27)8-10-28-15-21)25-13-16-5-6-19(24-12-16)29-18-4-2-3-17(22)11-18;/h2-6,11-12,27H,7-10,13-15H2,1H3,(H2,23,25,26);1H. The third-order valence-corrected chi connectivity index (χ3v) is 4.96. The van der Waals surface area contributed by atoms with E-state index < -0.39 is 0 Å². The number of benzene rings is 1. The number of ether oxygens (including phenoxy) is 2. The fourth-order valence-electron chi connectivity index (χ4n) is 3.22. The molecule has 1 aromatic heterocycles. The summed E-state index contributed by atoms with van der Waals surface area (Å²) in [6.45, 7) is 2.74. The average molecular weight is 530 g/mol. The van der Waals surface area contributed by atoms with Gasteiger partial charge in [0.15, 0.2) is 5.96 Å². The minimum absolute atomic E-state index is 0. The van der Waals surface area contributed by atoms with Crippen molar-refractivity contribution in [3.05, 3.63) is 54.0 Å². The Kier molecular flexibility index (Phi) is 9.73. The Hall–Kier alpha value is -1.98. The van der Waals surface area contributed by atoms with Crippen LogP contribution in [0.4, 0.5) is 4.39 Å². The van der Waals surface area contributed by atoms with Crippen LogP contribution in [0.25, 0.3) is 0 Å². The van der Waals surface area contributed by atoms with Crippen molar-refractivity contribution in [1.82, 2.24) is 15.6 Å². The van der Waals surface area contributed by atoms with Crippen LogP contribution in [-0.4, -0.2) is 49.5 Å². The molecule has 1 aromatic carbocycles. The number of aromatic nitrogens is 1. The molecule has 1 aliphatic heterocycles. The summed E-state index contributed by atoms with van der Waals surface area (Å²) in [5, 5.41) is 15.9. The molecule has 3 N–H and O–H groups in total. The number of nitrogens with zero attached hydrogens (tertiary/aromatic N) is 2. The van der Waals surface area contributed by atoms with Gasteiger partial charge < -0.3 is 25.2 Å². The van der Waals surface area contributed by atoms with Gasteiger partial charge in [-0.15, -0.1) is 24.0 Å². The molecular formula is C21H28FIN4O3. The summed E-state index contributed by atoms with van der Waals surface area (Å²) in [6.07, 6.45) is 3.33. The Morgan fingerprint density at radius 2 is 2.20 bits per heavy atom. The maximum atomic E-state index is 13.2. The highest BCUT2D eigenvalue weighted by Gasteiger charge is 2.34. The van der Waals surface area contributed by atoms with Crippen LogP contribution in [0.2, 0.25) is 0 Å². The highest BCUT2D eigenvalue weighted by molar-refractivity contribution is 14.0. The summed E-state index contributed by atoms with van der Waals surface area (Å²) < 4.78 is 24.3. The second kappa shape index (κ2) is 12.0. The van der Waals surface area contributed by atoms with Gasteiger partial charge in [-0.25, -0.2) is 9.37 Å². The lowest BCUT2D eigenvalue weighted by atomic mass is 9.84. The predicted molar refractivity (Wildman–Crippen MR) is 124 cm³/mol. The maximum Gasteiger partial charge on any atom is 0.219 e. The number of aliphatic imine (C=N–C) groups is 1. The Labute approximate surface area is 193 Å². The zero-order valence-corrected chi connectivity index (χ0v) is 19.3. The third kappa shape index (κ3) is 7.06. The van der Waals surface area contributed by atoms with E-state index in [-0.39, 0.29) is 41.8 Å². The van der Waals surface area contributed by atoms with Crippen molar-refractivity contribution in [3.63, 3.8) is 0 Å². The molecule has 1 fully saturated rings. The quantitative estimate of drug-likeness (QED) is 0.276. The molecular weight excluding hydrogens is 502 g/mol. The lowest BCUT2D eigenvalue weighted by Gasteiger charge is -2.27. The molecule has 0 amide bonds. The minimum Gasteiger partial charge on any atom is -0.439 e. The molecule has 30 heavy (non-hydrogen) atoms. The molecule has 2 aromatic rings. The van der Waals surface area contributed by atoms with Crippen molar-refractivity contribution in [2.75, 3.05) is 33.4 Å². The molecule has 0 saturated carbocycles. The fraction of sp³-hybridized carbons (Fsp3) is 0.429. The number of aliphatic hydroxyl groups is 1. The molecule has 1 atom stereocenters. The lowest BCUT2D eigenvalue weighted by Crippen LogP contribution is -2.44. The molecule has 7 nitrogen and oxygen atoms in total. The predicted octanol–water partition coefficient (Wildman–Crippen LogP) is 3.09. The van der Waals surface area contributed by atoms with Crippen molar-refractivity contribution < 1.29 is 19.0 Å². The van der Waals surface area contributed by atoms with Crippen molar-refractivity contribution in [3.8, 4) is 11.6 Å². The fourth-order valence-corrected chi connectivity index (χ4v) is 3.22. The summed E-state index contributed by atoms with van der Waals surface area (Å²) in [6, 6.07) is 9.57. The summed E-state index contributed by atoms with van der Waals surface area (Å²) in [7, 11) is 1.72. The number of hydrogen-bond donors (Lipinski definition) is 3. The number of aliphatic hydroxyl groups excluding tert-OH is 1. The molecule has 2 heterocycles. The largest absolute Gasteiger partial charge is 0.439 e. The van der Waals surface area contributed by atoms with Crippen LogP contribution in [0.3, 0.4) is 0 Å². The zero-order chi connectivity index (χ0) is 20.5. The Balaban J connectivity index is 0.00000320. The van der Waals surface area contributed by atoms with Crippen LogP contribution in [0.5, 0.6) is 11.6 Å². The monoisotopic (exact) mass is 530 g/mol. The van der Waals surface area contributed by atoms with E-state index in [1.165, 1.54) is 12.1 Å². The van der Waals surface area contributed by atoms with E-state index in [2.05, 4.69) is 20.6 Å². The second-order valence-electron chi connectivity index (χ2n) is 7.12. The van der Waals surface area contributed by atoms with E-state index in [9.17, 15) is 9.50 Å². The minimum atomic E-state index is -0.355. The van der Waals surface area contributed by atoms with Gasteiger partial charge in [0.1, 0.15) is 11.6 Å². The van der Waals surface area contributed by atoms with Crippen LogP contribution >= 0.6 is 24.0 Å². The van der Waals surface area contributed by atoms with Gasteiger partial charge in [0.2, 0.25) is 5.88 Å². The van der Waals surface area contributed by atoms with Crippen molar-refractivity contribution in [2.45, 2.75) is 19.4 Å². The van der Waals surface area contributed by atoms with E-state index in [4.69, 9.17) is 9.47 Å². The molecule has 0 bridgehead atoms. The van der Waals surface area contributed by atoms with Crippen LogP contribution in [0.1, 0.15) is 18.4 Å². The number of nitrogens with one attached hydrogen (secondary N) is 2. The third-order valence-electron chi connectivity index (χ3n) is 4.96. The zero-order valence-electron chi connectivity index (χ0n) is 16.9. The summed E-state index contributed by atoms with van der Waals surface area (Å²) in [4.78, 5) is 8.51. The first-order valence-corrected chi connectivity index (χ1v) is 9.64. The smallest absolute Gasteiger partial charge is 0.219 e. The number of hydrogen-bond acceptors (Lipinski definition) is 5. The Bertz CT molecular complexity index is 814. The lowest BCUT2D eigenvalue weighted by molar-refractivity contribution is 0.127. The van der Waals surface area contributed by atoms with E-state index in [0.717, 1.165) is 18.6 Å². The van der Waals surface area contributed by atoms with Gasteiger partial charge >= 0.3 is 0 Å². The van der Waals surface area contributed by atoms with E-state index >= 15 is 0 Å². The average Bonchev–Trinajstić information content (AvgIpc) is 3.18. The summed E-state index contributed by atoms with van der Waals surface area (Å²) in [5.74, 6) is 1.12. The SMILES string of the molecule is CN=C(NCc1ccc(Oc2cccc(F)c2)nc1)NCC1(CCO)CCOC1.I. The first kappa shape index (κ1) is 24.3. The first-order valence-electron chi connectivity index (χ1n) is 9.64. The molecule has 0 radical (unpaired) electrons. The number of guanidine groups is 1. The normalized spacial score (nSPS) is 18.6. The first-order chi connectivity index (χ1) is 14.1. The topological polar surface area (TPSA) is 88.0 Å². The number of rotatable bonds is 8. The number of pyridine rings is 1. The molecule has 3 rings (SSSR count). The molecule has 164 valence electrons. The molecule has 0 aliphatic carbocycles. The highest BCUT2D eigenvalue weighted by Crippen LogP contribution is 2.31. The van der Waals surface area contributed by atoms with Gasteiger partial charge in [-0.3, -0.25) is 4.99 Å². The van der Waals surface area contributed by atoms with E-state index in [1.54, 1.807) is 31.4 Å². The van der Waals surface area contributed by atoms with Gasteiger partial charge in [0.25, 0.3) is 0 Å². The van der Waals surface area contributed by atoms with Gasteiger partial charge in [-0.1, -0.05) is 12.1 Å². The molecule has 1 saturated heterocycles. The van der Waals surface area contributed by atoms with Crippen molar-refractivity contribution in [2.24, 2.45) is 10.4 Å². The summed E-state index contributed by atoms with van der Waals surface area (Å²) >= 11 is 0. The second-order valence-corrected chi connectivity index (χ2v) is 7.12. The van der Waals surface area contributed by atoms with Crippen molar-refractivity contribution in [1.29, 1.82) is 0 Å². The van der Waals surface area contributed by atoms with Crippen LogP contribution in [0, 0.1) is 11.2 Å². The van der Waals surface area contributed by atoms with Crippen LogP contribution < -0.4 is 15.4 Å². The molecule has 1 aliphatic rings. The van der Waals surface area contributed by atoms with E-state index in [0.29, 0.717) is 43.7 Å². The van der Waals surface area contributed by atoms with Gasteiger partial charge in [0.05, 0.1) is 6.61 Å². The Morgan fingerprint density at radius 3 is 2.83 bits per heavy atom. The summed E-state index contributed by atoms with van der Waals surface area (Å²) in [5.41, 5.74) is 0.901. The molecule has 9 heteroatoms. The number of halogens is 2. The van der Waals surface area contributed by atoms with Crippen molar-refractivity contribution >= 4 is 29.9 Å². The molecule has 0 spiro atoms. The van der Waals surface area contributed by atoms with Gasteiger partial charge in [0, 0.05) is 57.1 Å². The van der Waals surface area contributed by atoms with Crippen LogP contribution in [0.15, 0.2) is 47.6 Å². The molecule has 1 unspecified atom stereocenters. The van der Waals surface area contributed by atoms with Crippen LogP contribution in [-0.2, 0) is 11.3 Å².